The maximum atomic E-state index is 13.1. The Morgan fingerprint density at radius 3 is 2.25 bits per heavy atom. The fourth-order valence-corrected chi connectivity index (χ4v) is 8.13. The van der Waals surface area contributed by atoms with Crippen molar-refractivity contribution in [1.29, 1.82) is 0 Å². The lowest BCUT2D eigenvalue weighted by Gasteiger charge is -2.43. The molecule has 0 aromatic heterocycles. The molecule has 7 rings (SSSR count). The summed E-state index contributed by atoms with van der Waals surface area (Å²) in [7, 11) is 3.29. The lowest BCUT2D eigenvalue weighted by molar-refractivity contribution is -0.276. The van der Waals surface area contributed by atoms with E-state index in [-0.39, 0.29) is 44.2 Å². The summed E-state index contributed by atoms with van der Waals surface area (Å²) in [6, 6.07) is 26.3. The Morgan fingerprint density at radius 2 is 1.56 bits per heavy atom. The van der Waals surface area contributed by atoms with Gasteiger partial charge in [0, 0.05) is 44.2 Å². The molecule has 3 heterocycles. The highest BCUT2D eigenvalue weighted by Crippen LogP contribution is 2.43. The average molecular weight is 788 g/mol. The Morgan fingerprint density at radius 1 is 0.860 bits per heavy atom. The van der Waals surface area contributed by atoms with Crippen molar-refractivity contribution < 1.29 is 46.8 Å². The lowest BCUT2D eigenvalue weighted by Crippen LogP contribution is -2.50. The number of aliphatic hydroxyl groups is 1. The van der Waals surface area contributed by atoms with Crippen LogP contribution in [0.15, 0.2) is 84.9 Å². The van der Waals surface area contributed by atoms with Crippen molar-refractivity contribution >= 4 is 11.8 Å². The number of nitrogens with zero attached hydrogens (tertiary/aromatic N) is 2. The van der Waals surface area contributed by atoms with E-state index in [4.69, 9.17) is 18.9 Å². The second-order valence-electron chi connectivity index (χ2n) is 15.0. The van der Waals surface area contributed by atoms with Gasteiger partial charge in [-0.1, -0.05) is 73.7 Å². The van der Waals surface area contributed by atoms with Gasteiger partial charge in [-0.3, -0.25) is 14.5 Å². The number of aliphatic hydroxyl groups excluding tert-OH is 1. The molecule has 0 saturated carbocycles. The van der Waals surface area contributed by atoms with Gasteiger partial charge in [-0.2, -0.15) is 13.2 Å². The molecule has 57 heavy (non-hydrogen) atoms. The van der Waals surface area contributed by atoms with E-state index in [9.17, 15) is 27.9 Å². The number of carbonyl (C=O) groups excluding carboxylic acids is 2. The van der Waals surface area contributed by atoms with E-state index in [0.717, 1.165) is 58.6 Å². The number of fused-ring (bicyclic) bond motifs is 1. The highest BCUT2D eigenvalue weighted by atomic mass is 19.4. The van der Waals surface area contributed by atoms with Crippen LogP contribution in [-0.4, -0.2) is 78.9 Å². The average Bonchev–Trinajstić information content (AvgIpc) is 3.73. The van der Waals surface area contributed by atoms with Crippen molar-refractivity contribution in [3.8, 4) is 22.6 Å². The molecule has 302 valence electrons. The summed E-state index contributed by atoms with van der Waals surface area (Å²) in [4.78, 5) is 27.8. The Balaban J connectivity index is 1.05. The number of methoxy groups -OCH3 is 2. The third-order valence-electron chi connectivity index (χ3n) is 11.3. The van der Waals surface area contributed by atoms with Crippen LogP contribution in [0.3, 0.4) is 0 Å². The van der Waals surface area contributed by atoms with Crippen LogP contribution in [0.2, 0.25) is 0 Å². The number of benzene rings is 4. The maximum absolute atomic E-state index is 13.1. The van der Waals surface area contributed by atoms with Gasteiger partial charge < -0.3 is 34.3 Å². The number of nitrogens with one attached hydrogen (secondary N) is 1. The van der Waals surface area contributed by atoms with Gasteiger partial charge in [-0.15, -0.1) is 0 Å². The van der Waals surface area contributed by atoms with Gasteiger partial charge in [0.05, 0.1) is 33.0 Å². The monoisotopic (exact) mass is 787 g/mol. The largest absolute Gasteiger partial charge is 0.493 e. The van der Waals surface area contributed by atoms with Crippen LogP contribution in [0, 0.1) is 5.92 Å². The minimum Gasteiger partial charge on any atom is -0.493 e. The summed E-state index contributed by atoms with van der Waals surface area (Å²) < 4.78 is 63.9. The van der Waals surface area contributed by atoms with Crippen LogP contribution < -0.4 is 14.8 Å². The van der Waals surface area contributed by atoms with Crippen molar-refractivity contribution in [2.75, 3.05) is 33.9 Å². The molecule has 2 saturated heterocycles. The number of ether oxygens (including phenoxy) is 4. The number of hydrogen-bond donors (Lipinski definition) is 2. The van der Waals surface area contributed by atoms with Crippen molar-refractivity contribution in [3.63, 3.8) is 0 Å². The number of halogens is 3. The number of amides is 2. The predicted octanol–water partition coefficient (Wildman–Crippen LogP) is 6.88. The zero-order chi connectivity index (χ0) is 40.3. The quantitative estimate of drug-likeness (QED) is 0.170. The molecule has 0 aliphatic carbocycles. The van der Waals surface area contributed by atoms with E-state index in [0.29, 0.717) is 23.6 Å². The fourth-order valence-electron chi connectivity index (χ4n) is 8.13. The molecule has 0 radical (unpaired) electrons. The summed E-state index contributed by atoms with van der Waals surface area (Å²) in [5.41, 5.74) is 7.70. The topological polar surface area (TPSA) is 110 Å². The molecule has 3 aliphatic rings. The van der Waals surface area contributed by atoms with Gasteiger partial charge in [0.15, 0.2) is 17.8 Å². The summed E-state index contributed by atoms with van der Waals surface area (Å²) in [6.45, 7) is 4.42. The zero-order valence-electron chi connectivity index (χ0n) is 32.3. The van der Waals surface area contributed by atoms with E-state index in [2.05, 4.69) is 29.3 Å². The van der Waals surface area contributed by atoms with Crippen molar-refractivity contribution in [2.45, 2.75) is 76.6 Å². The number of carbonyl (C=O) groups is 2. The third kappa shape index (κ3) is 8.96. The highest BCUT2D eigenvalue weighted by Gasteiger charge is 2.47. The lowest BCUT2D eigenvalue weighted by atomic mass is 9.89. The first kappa shape index (κ1) is 40.3. The van der Waals surface area contributed by atoms with Crippen molar-refractivity contribution in [3.05, 3.63) is 118 Å². The molecule has 2 N–H and O–H groups in total. The van der Waals surface area contributed by atoms with Crippen molar-refractivity contribution in [2.24, 2.45) is 5.92 Å². The van der Waals surface area contributed by atoms with Crippen LogP contribution in [0.25, 0.3) is 11.1 Å². The first-order valence-corrected chi connectivity index (χ1v) is 19.3. The molecule has 2 fully saturated rings. The number of hydrogen-bond acceptors (Lipinski definition) is 8. The summed E-state index contributed by atoms with van der Waals surface area (Å²) in [5, 5.41) is 12.4. The Labute approximate surface area is 330 Å². The van der Waals surface area contributed by atoms with Gasteiger partial charge in [0.25, 0.3) is 0 Å². The number of rotatable bonds is 11. The Hall–Kier alpha value is -4.95. The van der Waals surface area contributed by atoms with Crippen molar-refractivity contribution in [1.82, 2.24) is 15.1 Å². The zero-order valence-corrected chi connectivity index (χ0v) is 32.3. The standard InChI is InChI=1S/C44H48F3N3O7/c1-27-39(25-49-19-17-34-21-37(54-2)38(55-3)22-35(34)24-49)56-42(57-40(27)31-11-9-28(26-51)10-12-31)32-15-13-30(14-16-32)33-7-4-6-29(20-33)23-48-41(52)36-8-5-18-50(36)43(53)44(45,46)47/h4,6-7,9-16,20-22,27,36,39-40,42,51H,5,8,17-19,23-26H2,1-3H3,(H,48,52)/t27-,36+,39+,40+,42+/m1/s1. The molecule has 4 aromatic rings. The molecule has 0 unspecified atom stereocenters. The van der Waals surface area contributed by atoms with E-state index in [1.165, 1.54) is 11.1 Å². The molecule has 2 amide bonds. The van der Waals surface area contributed by atoms with E-state index < -0.39 is 30.3 Å². The molecule has 10 nitrogen and oxygen atoms in total. The minimum absolute atomic E-state index is 0.0115. The maximum Gasteiger partial charge on any atom is 0.471 e. The molecule has 3 aliphatic heterocycles. The molecule has 5 atom stereocenters. The smallest absolute Gasteiger partial charge is 0.471 e. The third-order valence-corrected chi connectivity index (χ3v) is 11.3. The van der Waals surface area contributed by atoms with Crippen LogP contribution in [0.4, 0.5) is 13.2 Å². The normalized spacial score (nSPS) is 22.5. The second-order valence-corrected chi connectivity index (χ2v) is 15.0. The summed E-state index contributed by atoms with van der Waals surface area (Å²) >= 11 is 0. The van der Waals surface area contributed by atoms with Crippen LogP contribution in [0.1, 0.15) is 65.5 Å². The van der Waals surface area contributed by atoms with E-state index >= 15 is 0 Å². The molecule has 0 spiro atoms. The predicted molar refractivity (Wildman–Crippen MR) is 206 cm³/mol. The Kier molecular flexibility index (Phi) is 12.2. The van der Waals surface area contributed by atoms with Gasteiger partial charge >= 0.3 is 12.1 Å². The number of alkyl halides is 3. The first-order chi connectivity index (χ1) is 27.4. The van der Waals surface area contributed by atoms with E-state index in [1.807, 2.05) is 72.8 Å². The summed E-state index contributed by atoms with van der Waals surface area (Å²) in [5.74, 6) is -1.14. The summed E-state index contributed by atoms with van der Waals surface area (Å²) in [6.07, 6.45) is -4.71. The van der Waals surface area contributed by atoms with Gasteiger partial charge in [-0.25, -0.2) is 0 Å². The molecular weight excluding hydrogens is 739 g/mol. The highest BCUT2D eigenvalue weighted by molar-refractivity contribution is 5.90. The molecule has 13 heteroatoms. The van der Waals surface area contributed by atoms with Crippen LogP contribution in [-0.2, 0) is 45.2 Å². The number of likely N-dealkylation sites (tertiary alicyclic amines) is 1. The Bertz CT molecular complexity index is 2040. The molecule has 4 aromatic carbocycles. The SMILES string of the molecule is COc1cc2c(cc1OC)CN(C[C@@H]1O[C@H](c3ccc(-c4cccc(CNC(=O)[C@@H]5CCCN5C(=O)C(F)(F)F)c4)cc3)O[C@H](c3ccc(CO)cc3)[C@@H]1C)CC2. The van der Waals surface area contributed by atoms with Gasteiger partial charge in [0.1, 0.15) is 6.04 Å². The van der Waals surface area contributed by atoms with Crippen LogP contribution in [0.5, 0.6) is 11.5 Å². The fraction of sp³-hybridized carbons (Fsp3) is 0.409. The van der Waals surface area contributed by atoms with Gasteiger partial charge in [0.2, 0.25) is 5.91 Å². The van der Waals surface area contributed by atoms with Gasteiger partial charge in [-0.05, 0) is 76.4 Å². The minimum atomic E-state index is -5.02. The molecular formula is C44H48F3N3O7. The van der Waals surface area contributed by atoms with E-state index in [1.54, 1.807) is 14.2 Å². The van der Waals surface area contributed by atoms with Crippen LogP contribution >= 0.6 is 0 Å². The second kappa shape index (κ2) is 17.3. The molecule has 0 bridgehead atoms. The first-order valence-electron chi connectivity index (χ1n) is 19.3.